The number of carbonyl (C=O) groups excluding carboxylic acids is 1. The molecule has 0 spiro atoms. The highest BCUT2D eigenvalue weighted by atomic mass is 35.5. The Morgan fingerprint density at radius 1 is 1.25 bits per heavy atom. The number of nitrogens with zero attached hydrogens (tertiary/aromatic N) is 3. The van der Waals surface area contributed by atoms with Crippen molar-refractivity contribution in [2.45, 2.75) is 32.6 Å². The van der Waals surface area contributed by atoms with E-state index in [4.69, 9.17) is 16.3 Å². The normalized spacial score (nSPS) is 20.4. The van der Waals surface area contributed by atoms with Gasteiger partial charge in [0.2, 0.25) is 0 Å². The molecule has 0 aliphatic carbocycles. The van der Waals surface area contributed by atoms with E-state index in [9.17, 15) is 4.79 Å². The van der Waals surface area contributed by atoms with Gasteiger partial charge < -0.3 is 4.74 Å². The van der Waals surface area contributed by atoms with Crippen LogP contribution in [0.15, 0.2) is 35.7 Å². The Labute approximate surface area is 172 Å². The molecule has 6 nitrogen and oxygen atoms in total. The molecule has 146 valence electrons. The zero-order valence-electron chi connectivity index (χ0n) is 15.7. The zero-order valence-corrected chi connectivity index (χ0v) is 17.3. The van der Waals surface area contributed by atoms with Gasteiger partial charge in [-0.2, -0.15) is 0 Å². The number of aromatic nitrogens is 2. The van der Waals surface area contributed by atoms with E-state index in [1.807, 2.05) is 11.4 Å². The molecule has 1 aromatic carbocycles. The Hall–Kier alpha value is -2.06. The number of morpholine rings is 1. The highest BCUT2D eigenvalue weighted by molar-refractivity contribution is 7.14. The van der Waals surface area contributed by atoms with Crippen molar-refractivity contribution >= 4 is 44.9 Å². The number of benzene rings is 1. The van der Waals surface area contributed by atoms with Crippen LogP contribution in [0.4, 0.5) is 5.13 Å². The van der Waals surface area contributed by atoms with Gasteiger partial charge in [-0.05, 0) is 44.2 Å². The summed E-state index contributed by atoms with van der Waals surface area (Å²) in [5, 5.41) is 6.78. The van der Waals surface area contributed by atoms with Gasteiger partial charge in [-0.15, -0.1) is 11.3 Å². The molecule has 1 N–H and O–H groups in total. The minimum Gasteiger partial charge on any atom is -0.373 e. The van der Waals surface area contributed by atoms with Crippen molar-refractivity contribution in [2.75, 3.05) is 18.4 Å². The highest BCUT2D eigenvalue weighted by Crippen LogP contribution is 2.21. The Bertz CT molecular complexity index is 999. The van der Waals surface area contributed by atoms with E-state index in [0.717, 1.165) is 36.2 Å². The zero-order chi connectivity index (χ0) is 19.7. The number of hydrogen-bond donors (Lipinski definition) is 1. The molecule has 4 rings (SSSR count). The van der Waals surface area contributed by atoms with Crippen molar-refractivity contribution in [1.82, 2.24) is 14.9 Å². The number of amides is 1. The van der Waals surface area contributed by atoms with Crippen LogP contribution in [0.2, 0.25) is 5.15 Å². The summed E-state index contributed by atoms with van der Waals surface area (Å²) >= 11 is 7.35. The summed E-state index contributed by atoms with van der Waals surface area (Å²) in [6.45, 7) is 6.70. The van der Waals surface area contributed by atoms with Crippen molar-refractivity contribution in [3.63, 3.8) is 0 Å². The van der Waals surface area contributed by atoms with Gasteiger partial charge in [0.05, 0.1) is 23.4 Å². The summed E-state index contributed by atoms with van der Waals surface area (Å²) in [5.74, 6) is -0.189. The standard InChI is InChI=1S/C20H21ClN4O2S/c1-12-8-25(9-13(2)27-12)10-16-11-28-20(22-16)24-19(26)15-3-5-17-14(7-15)4-6-18(21)23-17/h3-7,11-13H,8-10H2,1-2H3,(H,22,24,26). The van der Waals surface area contributed by atoms with E-state index in [2.05, 4.69) is 34.0 Å². The molecule has 0 bridgehead atoms. The maximum Gasteiger partial charge on any atom is 0.257 e. The molecule has 1 aliphatic rings. The second-order valence-electron chi connectivity index (χ2n) is 7.09. The van der Waals surface area contributed by atoms with Crippen LogP contribution in [0.25, 0.3) is 10.9 Å². The summed E-state index contributed by atoms with van der Waals surface area (Å²) in [7, 11) is 0. The molecule has 3 heterocycles. The molecular formula is C20H21ClN4O2S. The van der Waals surface area contributed by atoms with Crippen LogP contribution in [0.3, 0.4) is 0 Å². The quantitative estimate of drug-likeness (QED) is 0.645. The number of nitrogens with one attached hydrogen (secondary N) is 1. The lowest BCUT2D eigenvalue weighted by Crippen LogP contribution is -2.44. The SMILES string of the molecule is CC1CN(Cc2csc(NC(=O)c3ccc4nc(Cl)ccc4c3)n2)CC(C)O1. The summed E-state index contributed by atoms with van der Waals surface area (Å²) in [5.41, 5.74) is 2.28. The molecular weight excluding hydrogens is 396 g/mol. The third kappa shape index (κ3) is 4.50. The average Bonchev–Trinajstić information content (AvgIpc) is 3.07. The van der Waals surface area contributed by atoms with Crippen molar-refractivity contribution in [3.05, 3.63) is 52.1 Å². The Balaban J connectivity index is 1.42. The first-order valence-corrected chi connectivity index (χ1v) is 10.4. The van der Waals surface area contributed by atoms with E-state index in [1.54, 1.807) is 24.3 Å². The number of hydrogen-bond acceptors (Lipinski definition) is 6. The van der Waals surface area contributed by atoms with E-state index < -0.39 is 0 Å². The monoisotopic (exact) mass is 416 g/mol. The fraction of sp³-hybridized carbons (Fsp3) is 0.350. The maximum atomic E-state index is 12.6. The first-order chi connectivity index (χ1) is 13.5. The van der Waals surface area contributed by atoms with Gasteiger partial charge in [-0.25, -0.2) is 9.97 Å². The number of fused-ring (bicyclic) bond motifs is 1. The van der Waals surface area contributed by atoms with E-state index in [1.165, 1.54) is 11.3 Å². The van der Waals surface area contributed by atoms with Crippen LogP contribution in [-0.2, 0) is 11.3 Å². The van der Waals surface area contributed by atoms with Crippen LogP contribution in [-0.4, -0.2) is 46.1 Å². The molecule has 2 atom stereocenters. The van der Waals surface area contributed by atoms with Crippen LogP contribution in [0.1, 0.15) is 29.9 Å². The maximum absolute atomic E-state index is 12.6. The summed E-state index contributed by atoms with van der Waals surface area (Å²) in [6.07, 6.45) is 0.442. The minimum atomic E-state index is -0.189. The summed E-state index contributed by atoms with van der Waals surface area (Å²) in [4.78, 5) is 23.7. The number of pyridine rings is 1. The number of thiazole rings is 1. The summed E-state index contributed by atoms with van der Waals surface area (Å²) < 4.78 is 5.77. The third-order valence-electron chi connectivity index (χ3n) is 4.57. The predicted molar refractivity (Wildman–Crippen MR) is 112 cm³/mol. The van der Waals surface area contributed by atoms with Gasteiger partial charge in [-0.1, -0.05) is 11.6 Å². The largest absolute Gasteiger partial charge is 0.373 e. The predicted octanol–water partition coefficient (Wildman–Crippen LogP) is 4.21. The first-order valence-electron chi connectivity index (χ1n) is 9.16. The van der Waals surface area contributed by atoms with Crippen LogP contribution in [0, 0.1) is 0 Å². The van der Waals surface area contributed by atoms with Crippen molar-refractivity contribution in [3.8, 4) is 0 Å². The molecule has 1 aliphatic heterocycles. The molecule has 1 fully saturated rings. The Morgan fingerprint density at radius 3 is 2.82 bits per heavy atom. The lowest BCUT2D eigenvalue weighted by molar-refractivity contribution is -0.0707. The Kier molecular flexibility index (Phi) is 5.59. The number of carbonyl (C=O) groups is 1. The lowest BCUT2D eigenvalue weighted by atomic mass is 10.1. The molecule has 0 radical (unpaired) electrons. The number of rotatable bonds is 4. The average molecular weight is 417 g/mol. The number of ether oxygens (including phenoxy) is 1. The van der Waals surface area contributed by atoms with Gasteiger partial charge in [0.1, 0.15) is 5.15 Å². The summed E-state index contributed by atoms with van der Waals surface area (Å²) in [6, 6.07) is 8.91. The van der Waals surface area contributed by atoms with Crippen LogP contribution in [0.5, 0.6) is 0 Å². The van der Waals surface area contributed by atoms with Gasteiger partial charge in [0.15, 0.2) is 5.13 Å². The highest BCUT2D eigenvalue weighted by Gasteiger charge is 2.22. The first kappa shape index (κ1) is 19.3. The number of halogens is 1. The van der Waals surface area contributed by atoms with Crippen LogP contribution < -0.4 is 5.32 Å². The van der Waals surface area contributed by atoms with Gasteiger partial charge in [0.25, 0.3) is 5.91 Å². The van der Waals surface area contributed by atoms with Crippen LogP contribution >= 0.6 is 22.9 Å². The van der Waals surface area contributed by atoms with E-state index in [0.29, 0.717) is 15.8 Å². The van der Waals surface area contributed by atoms with Gasteiger partial charge in [0, 0.05) is 36.0 Å². The van der Waals surface area contributed by atoms with Crippen molar-refractivity contribution < 1.29 is 9.53 Å². The van der Waals surface area contributed by atoms with Gasteiger partial charge in [-0.3, -0.25) is 15.0 Å². The van der Waals surface area contributed by atoms with Crippen molar-refractivity contribution in [1.29, 1.82) is 0 Å². The molecule has 8 heteroatoms. The molecule has 2 aromatic heterocycles. The molecule has 1 saturated heterocycles. The molecule has 2 unspecified atom stereocenters. The van der Waals surface area contributed by atoms with E-state index in [-0.39, 0.29) is 18.1 Å². The Morgan fingerprint density at radius 2 is 2.04 bits per heavy atom. The molecule has 0 saturated carbocycles. The fourth-order valence-corrected chi connectivity index (χ4v) is 4.34. The van der Waals surface area contributed by atoms with E-state index >= 15 is 0 Å². The fourth-order valence-electron chi connectivity index (χ4n) is 3.49. The third-order valence-corrected chi connectivity index (χ3v) is 5.59. The smallest absolute Gasteiger partial charge is 0.257 e. The molecule has 1 amide bonds. The van der Waals surface area contributed by atoms with Crippen molar-refractivity contribution in [2.24, 2.45) is 0 Å². The second-order valence-corrected chi connectivity index (χ2v) is 8.34. The molecule has 3 aromatic rings. The van der Waals surface area contributed by atoms with Gasteiger partial charge >= 0.3 is 0 Å². The lowest BCUT2D eigenvalue weighted by Gasteiger charge is -2.34. The second kappa shape index (κ2) is 8.13. The topological polar surface area (TPSA) is 67.4 Å². The molecule has 28 heavy (non-hydrogen) atoms. The number of anilines is 1. The minimum absolute atomic E-state index is 0.189.